The van der Waals surface area contributed by atoms with Crippen LogP contribution in [-0.4, -0.2) is 49.2 Å². The molecule has 0 aromatic carbocycles. The van der Waals surface area contributed by atoms with E-state index in [2.05, 4.69) is 19.2 Å². The maximum atomic E-state index is 12.7. The van der Waals surface area contributed by atoms with E-state index in [-0.39, 0.29) is 17.5 Å². The summed E-state index contributed by atoms with van der Waals surface area (Å²) >= 11 is 0. The number of hydrogen-bond donors (Lipinski definition) is 1. The topological polar surface area (TPSA) is 41.6 Å². The smallest absolute Gasteiger partial charge is 0.242 e. The van der Waals surface area contributed by atoms with Crippen LogP contribution in [0.2, 0.25) is 0 Å². The lowest BCUT2D eigenvalue weighted by Gasteiger charge is -2.40. The number of nitrogens with one attached hydrogen (secondary N) is 1. The molecule has 0 aliphatic carbocycles. The van der Waals surface area contributed by atoms with Gasteiger partial charge in [-0.25, -0.2) is 0 Å². The summed E-state index contributed by atoms with van der Waals surface area (Å²) < 4.78 is 5.12. The van der Waals surface area contributed by atoms with E-state index < -0.39 is 0 Å². The minimum atomic E-state index is -0.380. The van der Waals surface area contributed by atoms with Crippen molar-refractivity contribution in [2.75, 3.05) is 26.8 Å². The maximum Gasteiger partial charge on any atom is 0.242 e. The molecule has 4 nitrogen and oxygen atoms in total. The van der Waals surface area contributed by atoms with Crippen LogP contribution in [0, 0.1) is 0 Å². The van der Waals surface area contributed by atoms with Gasteiger partial charge in [0.25, 0.3) is 0 Å². The summed E-state index contributed by atoms with van der Waals surface area (Å²) in [7, 11) is 1.68. The Kier molecular flexibility index (Phi) is 6.09. The molecule has 0 radical (unpaired) electrons. The monoisotopic (exact) mass is 256 g/mol. The van der Waals surface area contributed by atoms with Crippen molar-refractivity contribution in [3.63, 3.8) is 0 Å². The predicted octanol–water partition coefficient (Wildman–Crippen LogP) is 1.79. The van der Waals surface area contributed by atoms with Crippen LogP contribution >= 0.6 is 0 Å². The van der Waals surface area contributed by atoms with Gasteiger partial charge in [0.15, 0.2) is 0 Å². The van der Waals surface area contributed by atoms with Crippen molar-refractivity contribution in [1.82, 2.24) is 10.2 Å². The van der Waals surface area contributed by atoms with E-state index in [1.54, 1.807) is 7.11 Å². The largest absolute Gasteiger partial charge is 0.383 e. The second kappa shape index (κ2) is 7.10. The number of methoxy groups -OCH3 is 1. The number of amides is 1. The van der Waals surface area contributed by atoms with Crippen LogP contribution in [0.1, 0.15) is 46.5 Å². The van der Waals surface area contributed by atoms with E-state index in [1.165, 1.54) is 6.42 Å². The van der Waals surface area contributed by atoms with Crippen molar-refractivity contribution in [3.8, 4) is 0 Å². The molecule has 2 unspecified atom stereocenters. The molecule has 1 aliphatic heterocycles. The first-order valence-electron chi connectivity index (χ1n) is 7.10. The number of carbonyl (C=O) groups excluding carboxylic acids is 1. The zero-order chi connectivity index (χ0) is 13.6. The third kappa shape index (κ3) is 3.69. The highest BCUT2D eigenvalue weighted by Crippen LogP contribution is 2.22. The van der Waals surface area contributed by atoms with Gasteiger partial charge >= 0.3 is 0 Å². The molecule has 18 heavy (non-hydrogen) atoms. The molecule has 1 aliphatic rings. The summed E-state index contributed by atoms with van der Waals surface area (Å²) in [6.07, 6.45) is 4.22. The molecule has 1 rings (SSSR count). The molecule has 106 valence electrons. The number of nitrogens with zero attached hydrogens (tertiary/aromatic N) is 1. The predicted molar refractivity (Wildman–Crippen MR) is 73.6 cm³/mol. The van der Waals surface area contributed by atoms with E-state index in [0.29, 0.717) is 13.2 Å². The molecule has 1 heterocycles. The fourth-order valence-corrected chi connectivity index (χ4v) is 2.49. The van der Waals surface area contributed by atoms with E-state index in [4.69, 9.17) is 4.74 Å². The van der Waals surface area contributed by atoms with Gasteiger partial charge in [0.2, 0.25) is 5.91 Å². The molecule has 0 aromatic rings. The van der Waals surface area contributed by atoms with Crippen molar-refractivity contribution < 1.29 is 9.53 Å². The zero-order valence-corrected chi connectivity index (χ0v) is 12.3. The summed E-state index contributed by atoms with van der Waals surface area (Å²) in [4.78, 5) is 14.7. The summed E-state index contributed by atoms with van der Waals surface area (Å²) in [6, 6.07) is 0.271. The molecule has 1 N–H and O–H groups in total. The summed E-state index contributed by atoms with van der Waals surface area (Å²) in [5.74, 6) is 0.230. The summed E-state index contributed by atoms with van der Waals surface area (Å²) in [5, 5.41) is 3.40. The quantitative estimate of drug-likeness (QED) is 0.788. The van der Waals surface area contributed by atoms with Crippen LogP contribution in [0.5, 0.6) is 0 Å². The van der Waals surface area contributed by atoms with Gasteiger partial charge in [-0.15, -0.1) is 0 Å². The maximum absolute atomic E-state index is 12.7. The molecular formula is C14H28N2O2. The molecule has 0 saturated carbocycles. The van der Waals surface area contributed by atoms with Gasteiger partial charge in [-0.1, -0.05) is 6.92 Å². The summed E-state index contributed by atoms with van der Waals surface area (Å²) in [5.41, 5.74) is -0.380. The number of carbonyl (C=O) groups is 1. The van der Waals surface area contributed by atoms with E-state index >= 15 is 0 Å². The Balaban J connectivity index is 2.73. The SMILES string of the molecule is CCC(C)N(CCOC)C(=O)C1(C)CCCCN1. The highest BCUT2D eigenvalue weighted by atomic mass is 16.5. The molecule has 4 heteroatoms. The molecular weight excluding hydrogens is 228 g/mol. The molecule has 1 amide bonds. The van der Waals surface area contributed by atoms with Crippen LogP contribution < -0.4 is 5.32 Å². The Hall–Kier alpha value is -0.610. The van der Waals surface area contributed by atoms with Crippen LogP contribution in [0.4, 0.5) is 0 Å². The lowest BCUT2D eigenvalue weighted by Crippen LogP contribution is -2.60. The number of piperidine rings is 1. The van der Waals surface area contributed by atoms with Crippen LogP contribution in [-0.2, 0) is 9.53 Å². The van der Waals surface area contributed by atoms with Gasteiger partial charge in [0.05, 0.1) is 12.1 Å². The van der Waals surface area contributed by atoms with Crippen LogP contribution in [0.3, 0.4) is 0 Å². The van der Waals surface area contributed by atoms with Crippen molar-refractivity contribution in [2.24, 2.45) is 0 Å². The van der Waals surface area contributed by atoms with Gasteiger partial charge in [-0.2, -0.15) is 0 Å². The van der Waals surface area contributed by atoms with Crippen molar-refractivity contribution >= 4 is 5.91 Å². The van der Waals surface area contributed by atoms with Gasteiger partial charge < -0.3 is 15.0 Å². The summed E-state index contributed by atoms with van der Waals surface area (Å²) in [6.45, 7) is 8.50. The van der Waals surface area contributed by atoms with Crippen molar-refractivity contribution in [1.29, 1.82) is 0 Å². The Morgan fingerprint density at radius 1 is 1.50 bits per heavy atom. The van der Waals surface area contributed by atoms with Crippen LogP contribution in [0.25, 0.3) is 0 Å². The lowest BCUT2D eigenvalue weighted by atomic mass is 9.89. The highest BCUT2D eigenvalue weighted by molar-refractivity contribution is 5.86. The average molecular weight is 256 g/mol. The Labute approximate surface area is 111 Å². The molecule has 2 atom stereocenters. The van der Waals surface area contributed by atoms with Crippen molar-refractivity contribution in [3.05, 3.63) is 0 Å². The van der Waals surface area contributed by atoms with Crippen LogP contribution in [0.15, 0.2) is 0 Å². The fraction of sp³-hybridized carbons (Fsp3) is 0.929. The molecule has 0 aromatic heterocycles. The number of ether oxygens (including phenoxy) is 1. The molecule has 0 spiro atoms. The highest BCUT2D eigenvalue weighted by Gasteiger charge is 2.38. The minimum Gasteiger partial charge on any atom is -0.383 e. The first kappa shape index (κ1) is 15.4. The molecule has 1 fully saturated rings. The average Bonchev–Trinajstić information content (AvgIpc) is 2.39. The Morgan fingerprint density at radius 3 is 2.72 bits per heavy atom. The van der Waals surface area contributed by atoms with Gasteiger partial charge in [0, 0.05) is 19.7 Å². The minimum absolute atomic E-state index is 0.230. The fourth-order valence-electron chi connectivity index (χ4n) is 2.49. The van der Waals surface area contributed by atoms with Gasteiger partial charge in [-0.05, 0) is 46.1 Å². The standard InChI is InChI=1S/C14H28N2O2/c1-5-12(2)16(10-11-18-4)13(17)14(3)8-6-7-9-15-14/h12,15H,5-11H2,1-4H3. The number of hydrogen-bond acceptors (Lipinski definition) is 3. The Bertz CT molecular complexity index is 263. The molecule has 1 saturated heterocycles. The number of rotatable bonds is 6. The zero-order valence-electron chi connectivity index (χ0n) is 12.3. The third-order valence-electron chi connectivity index (χ3n) is 4.01. The van der Waals surface area contributed by atoms with Gasteiger partial charge in [-0.3, -0.25) is 4.79 Å². The van der Waals surface area contributed by atoms with E-state index in [9.17, 15) is 4.79 Å². The van der Waals surface area contributed by atoms with Gasteiger partial charge in [0.1, 0.15) is 0 Å². The van der Waals surface area contributed by atoms with E-state index in [1.807, 2.05) is 11.8 Å². The van der Waals surface area contributed by atoms with E-state index in [0.717, 1.165) is 25.8 Å². The second-order valence-electron chi connectivity index (χ2n) is 5.46. The normalized spacial score (nSPS) is 25.8. The van der Waals surface area contributed by atoms with Crippen molar-refractivity contribution in [2.45, 2.75) is 58.0 Å². The first-order valence-corrected chi connectivity index (χ1v) is 7.10. The second-order valence-corrected chi connectivity index (χ2v) is 5.46. The lowest BCUT2D eigenvalue weighted by molar-refractivity contribution is -0.141. The third-order valence-corrected chi connectivity index (χ3v) is 4.01. The molecule has 0 bridgehead atoms. The Morgan fingerprint density at radius 2 is 2.22 bits per heavy atom. The first-order chi connectivity index (χ1) is 8.55.